The Labute approximate surface area is 193 Å². The minimum atomic E-state index is 0. The Balaban J connectivity index is 0.00000392. The van der Waals surface area contributed by atoms with Crippen LogP contribution in [0.4, 0.5) is 0 Å². The van der Waals surface area contributed by atoms with Gasteiger partial charge in [-0.3, -0.25) is 4.90 Å². The van der Waals surface area contributed by atoms with Crippen LogP contribution in [0, 0.1) is 0 Å². The quantitative estimate of drug-likeness (QED) is 0.215. The van der Waals surface area contributed by atoms with Crippen LogP contribution in [0.5, 0.6) is 0 Å². The second-order valence-corrected chi connectivity index (χ2v) is 8.20. The van der Waals surface area contributed by atoms with Gasteiger partial charge in [0.15, 0.2) is 5.96 Å². The number of likely N-dealkylation sites (N-methyl/N-ethyl adjacent to an activating group) is 1. The molecule has 1 aromatic carbocycles. The smallest absolute Gasteiger partial charge is 0.191 e. The van der Waals surface area contributed by atoms with E-state index in [9.17, 15) is 0 Å². The maximum Gasteiger partial charge on any atom is 0.191 e. The fourth-order valence-corrected chi connectivity index (χ4v) is 3.60. The minimum Gasteiger partial charge on any atom is -0.357 e. The number of benzene rings is 1. The van der Waals surface area contributed by atoms with Crippen molar-refractivity contribution in [2.75, 3.05) is 58.3 Å². The highest BCUT2D eigenvalue weighted by Crippen LogP contribution is 2.10. The molecule has 1 aliphatic heterocycles. The van der Waals surface area contributed by atoms with Gasteiger partial charge in [0.05, 0.1) is 6.54 Å². The Hall–Kier alpha value is -0.510. The van der Waals surface area contributed by atoms with Crippen molar-refractivity contribution < 1.29 is 0 Å². The molecule has 1 fully saturated rings. The molecule has 1 aromatic rings. The highest BCUT2D eigenvalue weighted by molar-refractivity contribution is 14.0. The summed E-state index contributed by atoms with van der Waals surface area (Å²) in [7, 11) is 2.20. The largest absolute Gasteiger partial charge is 0.357 e. The topological polar surface area (TPSA) is 42.9 Å². The number of piperazine rings is 1. The Morgan fingerprint density at radius 1 is 1.04 bits per heavy atom. The number of rotatable bonds is 10. The molecular formula is C21H38IN5S. The van der Waals surface area contributed by atoms with Crippen LogP contribution in [0.3, 0.4) is 0 Å². The molecule has 0 unspecified atom stereocenters. The summed E-state index contributed by atoms with van der Waals surface area (Å²) < 4.78 is 0. The van der Waals surface area contributed by atoms with E-state index in [2.05, 4.69) is 64.9 Å². The summed E-state index contributed by atoms with van der Waals surface area (Å²) in [5.74, 6) is 2.15. The van der Waals surface area contributed by atoms with Gasteiger partial charge in [0.25, 0.3) is 0 Å². The third-order valence-electron chi connectivity index (χ3n) is 4.86. The number of halogens is 1. The highest BCUT2D eigenvalue weighted by Gasteiger charge is 2.13. The van der Waals surface area contributed by atoms with Crippen molar-refractivity contribution in [1.29, 1.82) is 0 Å². The summed E-state index contributed by atoms with van der Waals surface area (Å²) in [6, 6.07) is 8.95. The van der Waals surface area contributed by atoms with E-state index in [1.807, 2.05) is 11.8 Å². The molecule has 0 aromatic heterocycles. The predicted molar refractivity (Wildman–Crippen MR) is 135 cm³/mol. The van der Waals surface area contributed by atoms with Crippen LogP contribution in [0.15, 0.2) is 29.3 Å². The number of aliphatic imine (C=N–C) groups is 1. The van der Waals surface area contributed by atoms with Crippen molar-refractivity contribution in [2.24, 2.45) is 4.99 Å². The van der Waals surface area contributed by atoms with Gasteiger partial charge >= 0.3 is 0 Å². The zero-order valence-electron chi connectivity index (χ0n) is 17.7. The second kappa shape index (κ2) is 15.3. The van der Waals surface area contributed by atoms with Gasteiger partial charge < -0.3 is 15.5 Å². The Morgan fingerprint density at radius 2 is 1.71 bits per heavy atom. The lowest BCUT2D eigenvalue weighted by atomic mass is 10.1. The summed E-state index contributed by atoms with van der Waals surface area (Å²) in [5.41, 5.74) is 2.66. The van der Waals surface area contributed by atoms with E-state index in [0.717, 1.165) is 45.2 Å². The van der Waals surface area contributed by atoms with Gasteiger partial charge in [0, 0.05) is 45.8 Å². The average Bonchev–Trinajstić information content (AvgIpc) is 2.69. The Bertz CT molecular complexity index is 544. The van der Waals surface area contributed by atoms with Crippen LogP contribution in [0.25, 0.3) is 0 Å². The van der Waals surface area contributed by atoms with Gasteiger partial charge in [-0.1, -0.05) is 24.3 Å². The fourth-order valence-electron chi connectivity index (χ4n) is 3.10. The molecule has 0 aliphatic carbocycles. The molecule has 0 bridgehead atoms. The lowest BCUT2D eigenvalue weighted by Gasteiger charge is -2.32. The summed E-state index contributed by atoms with van der Waals surface area (Å²) in [6.45, 7) is 10.4. The molecule has 160 valence electrons. The van der Waals surface area contributed by atoms with E-state index in [1.54, 1.807) is 0 Å². The molecule has 0 radical (unpaired) electrons. The monoisotopic (exact) mass is 519 g/mol. The zero-order chi connectivity index (χ0) is 19.3. The Morgan fingerprint density at radius 3 is 2.36 bits per heavy atom. The first kappa shape index (κ1) is 25.5. The number of hydrogen-bond donors (Lipinski definition) is 2. The molecule has 0 saturated carbocycles. The molecule has 2 rings (SSSR count). The SMILES string of the molecule is CCNC(=NCc1ccc(CN2CCN(C)CC2)cc1)NCCCCSC.I. The molecule has 0 spiro atoms. The summed E-state index contributed by atoms with van der Waals surface area (Å²) in [5, 5.41) is 6.77. The van der Waals surface area contributed by atoms with Gasteiger partial charge in [-0.15, -0.1) is 24.0 Å². The predicted octanol–water partition coefficient (Wildman–Crippen LogP) is 3.25. The molecule has 0 amide bonds. The molecular weight excluding hydrogens is 481 g/mol. The molecule has 1 heterocycles. The lowest BCUT2D eigenvalue weighted by Crippen LogP contribution is -2.43. The van der Waals surface area contributed by atoms with E-state index < -0.39 is 0 Å². The minimum absolute atomic E-state index is 0. The number of hydrogen-bond acceptors (Lipinski definition) is 4. The normalized spacial score (nSPS) is 15.9. The zero-order valence-corrected chi connectivity index (χ0v) is 20.9. The maximum absolute atomic E-state index is 4.73. The summed E-state index contributed by atoms with van der Waals surface area (Å²) in [6.07, 6.45) is 4.60. The van der Waals surface area contributed by atoms with E-state index in [-0.39, 0.29) is 24.0 Å². The third kappa shape index (κ3) is 10.3. The number of guanidine groups is 1. The van der Waals surface area contributed by atoms with Gasteiger partial charge in [0.2, 0.25) is 0 Å². The molecule has 7 heteroatoms. The van der Waals surface area contributed by atoms with Crippen molar-refractivity contribution in [1.82, 2.24) is 20.4 Å². The first-order valence-corrected chi connectivity index (χ1v) is 11.6. The molecule has 28 heavy (non-hydrogen) atoms. The molecule has 0 atom stereocenters. The average molecular weight is 520 g/mol. The van der Waals surface area contributed by atoms with Gasteiger partial charge in [-0.2, -0.15) is 11.8 Å². The van der Waals surface area contributed by atoms with Crippen LogP contribution < -0.4 is 10.6 Å². The number of nitrogens with one attached hydrogen (secondary N) is 2. The van der Waals surface area contributed by atoms with Crippen molar-refractivity contribution in [3.63, 3.8) is 0 Å². The number of unbranched alkanes of at least 4 members (excludes halogenated alkanes) is 1. The first-order chi connectivity index (χ1) is 13.2. The van der Waals surface area contributed by atoms with Crippen LogP contribution in [-0.4, -0.2) is 74.1 Å². The molecule has 1 saturated heterocycles. The lowest BCUT2D eigenvalue weighted by molar-refractivity contribution is 0.148. The second-order valence-electron chi connectivity index (χ2n) is 7.22. The van der Waals surface area contributed by atoms with Crippen LogP contribution in [0.1, 0.15) is 30.9 Å². The van der Waals surface area contributed by atoms with Gasteiger partial charge in [0.1, 0.15) is 0 Å². The fraction of sp³-hybridized carbons (Fsp3) is 0.667. The van der Waals surface area contributed by atoms with Crippen molar-refractivity contribution in [3.8, 4) is 0 Å². The molecule has 5 nitrogen and oxygen atoms in total. The summed E-state index contributed by atoms with van der Waals surface area (Å²) in [4.78, 5) is 9.67. The van der Waals surface area contributed by atoms with Crippen molar-refractivity contribution >= 4 is 41.7 Å². The van der Waals surface area contributed by atoms with Crippen LogP contribution in [-0.2, 0) is 13.1 Å². The van der Waals surface area contributed by atoms with E-state index in [4.69, 9.17) is 4.99 Å². The van der Waals surface area contributed by atoms with E-state index in [1.165, 1.54) is 42.8 Å². The molecule has 1 aliphatic rings. The van der Waals surface area contributed by atoms with E-state index in [0.29, 0.717) is 0 Å². The summed E-state index contributed by atoms with van der Waals surface area (Å²) >= 11 is 1.91. The maximum atomic E-state index is 4.73. The molecule has 2 N–H and O–H groups in total. The number of thioether (sulfide) groups is 1. The van der Waals surface area contributed by atoms with E-state index >= 15 is 0 Å². The standard InChI is InChI=1S/C21H37N5S.HI/c1-4-22-21(23-11-5-6-16-27-3)24-17-19-7-9-20(10-8-19)18-26-14-12-25(2)13-15-26;/h7-10H,4-6,11-18H2,1-3H3,(H2,22,23,24);1H. The van der Waals surface area contributed by atoms with Gasteiger partial charge in [-0.05, 0) is 49.9 Å². The van der Waals surface area contributed by atoms with Crippen LogP contribution in [0.2, 0.25) is 0 Å². The van der Waals surface area contributed by atoms with Crippen molar-refractivity contribution in [2.45, 2.75) is 32.9 Å². The van der Waals surface area contributed by atoms with Crippen LogP contribution >= 0.6 is 35.7 Å². The highest BCUT2D eigenvalue weighted by atomic mass is 127. The first-order valence-electron chi connectivity index (χ1n) is 10.2. The number of nitrogens with zero attached hydrogens (tertiary/aromatic N) is 3. The van der Waals surface area contributed by atoms with Gasteiger partial charge in [-0.25, -0.2) is 4.99 Å². The van der Waals surface area contributed by atoms with Crippen molar-refractivity contribution in [3.05, 3.63) is 35.4 Å². The Kier molecular flexibility index (Phi) is 14.0. The third-order valence-corrected chi connectivity index (χ3v) is 5.55.